The van der Waals surface area contributed by atoms with Gasteiger partial charge in [0.25, 0.3) is 5.91 Å². The van der Waals surface area contributed by atoms with Crippen molar-refractivity contribution in [3.63, 3.8) is 0 Å². The molecule has 43 heavy (non-hydrogen) atoms. The molecule has 3 saturated heterocycles. The van der Waals surface area contributed by atoms with Gasteiger partial charge in [-0.2, -0.15) is 5.10 Å². The quantitative estimate of drug-likeness (QED) is 0.430. The number of piperidine rings is 1. The Bertz CT molecular complexity index is 1590. The zero-order valence-electron chi connectivity index (χ0n) is 24.1. The second kappa shape index (κ2) is 11.8. The van der Waals surface area contributed by atoms with E-state index in [1.54, 1.807) is 22.9 Å². The Morgan fingerprint density at radius 2 is 1.70 bits per heavy atom. The molecular weight excluding hydrogens is 575 g/mol. The molecule has 0 spiro atoms. The molecule has 4 aliphatic rings. The summed E-state index contributed by atoms with van der Waals surface area (Å²) < 4.78 is 54.6. The second-order valence-corrected chi connectivity index (χ2v) is 13.9. The van der Waals surface area contributed by atoms with Crippen LogP contribution in [0.5, 0.6) is 0 Å². The fourth-order valence-corrected chi connectivity index (χ4v) is 7.87. The van der Waals surface area contributed by atoms with Crippen LogP contribution in [0.1, 0.15) is 60.6 Å². The van der Waals surface area contributed by atoms with Crippen molar-refractivity contribution in [1.29, 1.82) is 0 Å². The lowest BCUT2D eigenvalue weighted by atomic mass is 9.82. The number of sulfonamides is 1. The smallest absolute Gasteiger partial charge is 0.283 e. The van der Waals surface area contributed by atoms with E-state index in [1.165, 1.54) is 12.1 Å². The summed E-state index contributed by atoms with van der Waals surface area (Å²) in [5.41, 5.74) is 2.85. The molecule has 1 unspecified atom stereocenters. The minimum absolute atomic E-state index is 0.00344. The summed E-state index contributed by atoms with van der Waals surface area (Å²) in [5, 5.41) is 5.10. The van der Waals surface area contributed by atoms with Crippen molar-refractivity contribution in [1.82, 2.24) is 24.4 Å². The lowest BCUT2D eigenvalue weighted by molar-refractivity contribution is 0.0115. The van der Waals surface area contributed by atoms with E-state index in [4.69, 9.17) is 19.6 Å². The number of morpholine rings is 1. The number of benzene rings is 1. The highest BCUT2D eigenvalue weighted by Gasteiger charge is 2.35. The van der Waals surface area contributed by atoms with E-state index in [0.717, 1.165) is 88.3 Å². The monoisotopic (exact) mass is 612 g/mol. The third-order valence-corrected chi connectivity index (χ3v) is 11.1. The Morgan fingerprint density at radius 3 is 2.35 bits per heavy atom. The number of carbonyl (C=O) groups excluding carboxylic acids is 1. The number of fused-ring (bicyclic) bond motifs is 1. The Morgan fingerprint density at radius 1 is 0.953 bits per heavy atom. The highest BCUT2D eigenvalue weighted by molar-refractivity contribution is 7.90. The van der Waals surface area contributed by atoms with Crippen molar-refractivity contribution in [3.05, 3.63) is 47.5 Å². The summed E-state index contributed by atoms with van der Waals surface area (Å²) in [6.07, 6.45) is 5.40. The Hall–Kier alpha value is -3.13. The zero-order valence-corrected chi connectivity index (χ0v) is 24.9. The minimum atomic E-state index is -3.95. The van der Waals surface area contributed by atoms with Crippen molar-refractivity contribution in [2.75, 3.05) is 57.5 Å². The van der Waals surface area contributed by atoms with Crippen LogP contribution in [0.2, 0.25) is 0 Å². The summed E-state index contributed by atoms with van der Waals surface area (Å²) >= 11 is 0. The van der Waals surface area contributed by atoms with Gasteiger partial charge < -0.3 is 14.4 Å². The van der Waals surface area contributed by atoms with Crippen LogP contribution in [0.3, 0.4) is 0 Å². The van der Waals surface area contributed by atoms with Crippen molar-refractivity contribution in [3.8, 4) is 5.69 Å². The highest BCUT2D eigenvalue weighted by Crippen LogP contribution is 2.43. The first-order valence-electron chi connectivity index (χ1n) is 15.3. The van der Waals surface area contributed by atoms with Crippen molar-refractivity contribution >= 4 is 32.7 Å². The molecule has 7 rings (SSSR count). The molecule has 2 aromatic heterocycles. The first-order valence-corrected chi connectivity index (χ1v) is 16.8. The molecule has 3 aliphatic heterocycles. The molecule has 11 nitrogen and oxygen atoms in total. The van der Waals surface area contributed by atoms with Crippen LogP contribution < -0.4 is 9.62 Å². The van der Waals surface area contributed by atoms with Gasteiger partial charge in [0.2, 0.25) is 10.0 Å². The van der Waals surface area contributed by atoms with Gasteiger partial charge in [-0.3, -0.25) is 9.69 Å². The third-order valence-electron chi connectivity index (χ3n) is 9.37. The van der Waals surface area contributed by atoms with E-state index in [1.807, 2.05) is 0 Å². The molecule has 230 valence electrons. The maximum absolute atomic E-state index is 13.9. The number of amides is 1. The van der Waals surface area contributed by atoms with E-state index >= 15 is 0 Å². The molecule has 1 aliphatic carbocycles. The number of ether oxygens (including phenoxy) is 2. The van der Waals surface area contributed by atoms with Gasteiger partial charge in [-0.1, -0.05) is 6.42 Å². The molecule has 1 aromatic carbocycles. The summed E-state index contributed by atoms with van der Waals surface area (Å²) in [6.45, 7) is 5.35. The Kier molecular flexibility index (Phi) is 7.83. The van der Waals surface area contributed by atoms with Crippen LogP contribution in [0.25, 0.3) is 16.7 Å². The lowest BCUT2D eigenvalue weighted by Gasteiger charge is -2.41. The van der Waals surface area contributed by atoms with Crippen LogP contribution >= 0.6 is 0 Å². The van der Waals surface area contributed by atoms with Gasteiger partial charge in [0, 0.05) is 44.7 Å². The number of nitrogens with one attached hydrogen (secondary N) is 1. The van der Waals surface area contributed by atoms with Gasteiger partial charge in [0.15, 0.2) is 5.65 Å². The molecule has 0 bridgehead atoms. The van der Waals surface area contributed by atoms with E-state index in [0.29, 0.717) is 30.4 Å². The average Bonchev–Trinajstić information content (AvgIpc) is 3.67. The van der Waals surface area contributed by atoms with Gasteiger partial charge in [0.05, 0.1) is 42.3 Å². The van der Waals surface area contributed by atoms with Crippen molar-refractivity contribution in [2.24, 2.45) is 0 Å². The topological polar surface area (TPSA) is 119 Å². The lowest BCUT2D eigenvalue weighted by Crippen LogP contribution is -2.49. The number of anilines is 1. The molecule has 13 heteroatoms. The summed E-state index contributed by atoms with van der Waals surface area (Å²) in [4.78, 5) is 23.1. The number of halogens is 1. The maximum Gasteiger partial charge on any atom is 0.283 e. The largest absolute Gasteiger partial charge is 0.380 e. The summed E-state index contributed by atoms with van der Waals surface area (Å²) in [7, 11) is -3.95. The first-order chi connectivity index (χ1) is 20.9. The van der Waals surface area contributed by atoms with E-state index < -0.39 is 21.2 Å². The van der Waals surface area contributed by atoms with Crippen LogP contribution in [-0.4, -0.2) is 97.9 Å². The van der Waals surface area contributed by atoms with Gasteiger partial charge in [-0.05, 0) is 62.4 Å². The Balaban J connectivity index is 1.30. The Labute approximate surface area is 250 Å². The standard InChI is InChI=1S/C30H37FN6O5S/c31-21-4-6-23(7-5-21)37-29-27(28(33-37)20-2-1-3-20)26(36-11-8-22(9-12-36)35-13-16-41-17-14-35)18-25(32-29)30(38)34-43(39,40)24-10-15-42-19-24/h4-7,18,20,22,24H,1-3,8-17,19H2,(H,34,38). The van der Waals surface area contributed by atoms with Crippen molar-refractivity contribution < 1.29 is 27.1 Å². The number of pyridine rings is 1. The minimum Gasteiger partial charge on any atom is -0.380 e. The summed E-state index contributed by atoms with van der Waals surface area (Å²) in [5.74, 6) is -0.884. The summed E-state index contributed by atoms with van der Waals surface area (Å²) in [6, 6.07) is 8.21. The van der Waals surface area contributed by atoms with Gasteiger partial charge >= 0.3 is 0 Å². The molecule has 4 fully saturated rings. The molecule has 5 heterocycles. The van der Waals surface area contributed by atoms with Gasteiger partial charge in [-0.25, -0.2) is 27.2 Å². The van der Waals surface area contributed by atoms with E-state index in [-0.39, 0.29) is 24.0 Å². The SMILES string of the molecule is O=C(NS(=O)(=O)C1CCOC1)c1cc(N2CCC(N3CCOCC3)CC2)c2c(C3CCC3)nn(-c3ccc(F)cc3)c2n1. The van der Waals surface area contributed by atoms with Crippen LogP contribution in [0.15, 0.2) is 30.3 Å². The fourth-order valence-electron chi connectivity index (χ4n) is 6.66. The number of hydrogen-bond donors (Lipinski definition) is 1. The number of nitrogens with zero attached hydrogens (tertiary/aromatic N) is 5. The second-order valence-electron chi connectivity index (χ2n) is 12.0. The molecule has 1 atom stereocenters. The van der Waals surface area contributed by atoms with Gasteiger partial charge in [-0.15, -0.1) is 0 Å². The van der Waals surface area contributed by atoms with E-state index in [2.05, 4.69) is 14.5 Å². The average molecular weight is 613 g/mol. The van der Waals surface area contributed by atoms with Gasteiger partial charge in [0.1, 0.15) is 16.8 Å². The molecule has 1 saturated carbocycles. The van der Waals surface area contributed by atoms with Crippen molar-refractivity contribution in [2.45, 2.75) is 55.7 Å². The van der Waals surface area contributed by atoms with Crippen LogP contribution in [0.4, 0.5) is 10.1 Å². The zero-order chi connectivity index (χ0) is 29.6. The molecule has 1 N–H and O–H groups in total. The normalized spacial score (nSPS) is 22.6. The fraction of sp³-hybridized carbons (Fsp3) is 0.567. The predicted molar refractivity (Wildman–Crippen MR) is 159 cm³/mol. The predicted octanol–water partition coefficient (Wildman–Crippen LogP) is 2.98. The maximum atomic E-state index is 13.9. The molecule has 1 amide bonds. The molecular formula is C30H37FN6O5S. The van der Waals surface area contributed by atoms with Crippen LogP contribution in [0, 0.1) is 5.82 Å². The first kappa shape index (κ1) is 28.6. The number of carbonyl (C=O) groups is 1. The number of hydrogen-bond acceptors (Lipinski definition) is 9. The van der Waals surface area contributed by atoms with E-state index in [9.17, 15) is 17.6 Å². The highest BCUT2D eigenvalue weighted by atomic mass is 32.2. The number of aromatic nitrogens is 3. The van der Waals surface area contributed by atoms with Crippen LogP contribution in [-0.2, 0) is 19.5 Å². The molecule has 3 aromatic rings. The third kappa shape index (κ3) is 5.63. The molecule has 0 radical (unpaired) electrons. The number of rotatable bonds is 7.